The topological polar surface area (TPSA) is 294 Å². The van der Waals surface area contributed by atoms with Crippen molar-refractivity contribution in [1.82, 2.24) is 29.9 Å². The van der Waals surface area contributed by atoms with Crippen LogP contribution in [0.3, 0.4) is 0 Å². The zero-order chi connectivity index (χ0) is 95.3. The summed E-state index contributed by atoms with van der Waals surface area (Å²) in [6, 6.07) is 70.4. The van der Waals surface area contributed by atoms with Gasteiger partial charge in [0.05, 0.1) is 64.5 Å². The van der Waals surface area contributed by atoms with Crippen molar-refractivity contribution in [1.29, 1.82) is 0 Å². The lowest BCUT2D eigenvalue weighted by Crippen LogP contribution is -2.11. The van der Waals surface area contributed by atoms with Crippen molar-refractivity contribution in [3.8, 4) is 134 Å². The number of rotatable bonds is 25. The minimum absolute atomic E-state index is 0.176. The van der Waals surface area contributed by atoms with Gasteiger partial charge in [-0.15, -0.1) is 68.0 Å². The Labute approximate surface area is 825 Å². The van der Waals surface area contributed by atoms with Crippen molar-refractivity contribution >= 4 is 129 Å². The number of hydrogen-bond donors (Lipinski definition) is 0. The fourth-order valence-corrected chi connectivity index (χ4v) is 25.6. The summed E-state index contributed by atoms with van der Waals surface area (Å²) >= 11 is 15.8. The number of pyridine rings is 1. The minimum atomic E-state index is -3.23. The fraction of sp³-hybridized carbons (Fsp3) is 0.301. The van der Waals surface area contributed by atoms with Crippen LogP contribution in [0, 0.1) is 6.92 Å². The van der Waals surface area contributed by atoms with Crippen LogP contribution in [0.4, 0.5) is 0 Å². The lowest BCUT2D eigenvalue weighted by Gasteiger charge is -2.12. The minimum Gasteiger partial charge on any atom is -0.473 e. The van der Waals surface area contributed by atoms with Crippen molar-refractivity contribution in [2.24, 2.45) is 0 Å². The number of ether oxygens (including phenoxy) is 5. The van der Waals surface area contributed by atoms with Gasteiger partial charge in [-0.25, -0.2) is 62.0 Å². The quantitative estimate of drug-likeness (QED) is 0.0513. The van der Waals surface area contributed by atoms with Crippen molar-refractivity contribution in [3.05, 3.63) is 253 Å². The first-order chi connectivity index (χ1) is 65.3. The maximum absolute atomic E-state index is 11.8. The average Bonchev–Trinajstić information content (AvgIpc) is 1.67. The van der Waals surface area contributed by atoms with Gasteiger partial charge in [-0.3, -0.25) is 4.98 Å². The summed E-state index contributed by atoms with van der Waals surface area (Å²) in [5.41, 5.74) is 9.56. The van der Waals surface area contributed by atoms with E-state index in [2.05, 4.69) is 42.2 Å². The molecule has 33 heteroatoms. The van der Waals surface area contributed by atoms with Crippen LogP contribution in [0.2, 0.25) is 5.02 Å². The molecule has 8 aromatic carbocycles. The van der Waals surface area contributed by atoms with Gasteiger partial charge in [0.1, 0.15) is 55.6 Å². The molecule has 0 saturated heterocycles. The highest BCUT2D eigenvalue weighted by molar-refractivity contribution is 7.91. The summed E-state index contributed by atoms with van der Waals surface area (Å²) in [5.74, 6) is 3.17. The lowest BCUT2D eigenvalue weighted by atomic mass is 10.2. The molecule has 0 bridgehead atoms. The molecule has 15 aromatic rings. The Morgan fingerprint density at radius 2 is 0.551 bits per heavy atom. The monoisotopic (exact) mass is 2050 g/mol. The first kappa shape index (κ1) is 98.8. The molecule has 5 saturated carbocycles. The second-order valence-electron chi connectivity index (χ2n) is 34.3. The molecule has 0 amide bonds. The SMILES string of the molecule is CS(=O)(=O)c1ccc(-c2sc(-c3ccccc3)nc2OC2CCCC2)cc1.CS(=O)(=O)c1ccc(-c2sc(-c3ccccc3Cl)nc2OC2CCCC2)cc1.CS(=O)(=O)c1ccc(-c2sc(-c3ccccn3)nc2OC2CCCC2)cc1.CS(=O)(=O)c1ccc(-c2sc(-c3cccs3)nc2OC2CCCC2)cc1.Cc1ccc(-c2nc(OC3CCCC3)c(-c3ccc(S(C)(=O)=O)cc3)s2)cc1. The molecule has 5 aliphatic rings. The Bertz CT molecular complexity index is 7010. The van der Waals surface area contributed by atoms with Gasteiger partial charge in [0.25, 0.3) is 0 Å². The molecule has 708 valence electrons. The number of halogens is 1. The molecule has 5 aliphatic carbocycles. The second-order valence-corrected chi connectivity index (χ2v) is 50.7. The molecule has 0 spiro atoms. The smallest absolute Gasteiger partial charge is 0.233 e. The van der Waals surface area contributed by atoms with E-state index in [-0.39, 0.29) is 30.5 Å². The largest absolute Gasteiger partial charge is 0.473 e. The molecule has 7 heterocycles. The summed E-state index contributed by atoms with van der Waals surface area (Å²) in [5, 5.41) is 7.03. The molecule has 0 N–H and O–H groups in total. The van der Waals surface area contributed by atoms with Crippen molar-refractivity contribution < 1.29 is 65.8 Å². The zero-order valence-corrected chi connectivity index (χ0v) is 85.5. The van der Waals surface area contributed by atoms with Gasteiger partial charge in [-0.1, -0.05) is 163 Å². The Balaban J connectivity index is 0.000000123. The van der Waals surface area contributed by atoms with Crippen molar-refractivity contribution in [2.45, 2.75) is 190 Å². The van der Waals surface area contributed by atoms with Gasteiger partial charge >= 0.3 is 0 Å². The number of sulfone groups is 5. The third-order valence-electron chi connectivity index (χ3n) is 23.6. The highest BCUT2D eigenvalue weighted by Gasteiger charge is 2.31. The number of benzene rings is 8. The van der Waals surface area contributed by atoms with Gasteiger partial charge in [0, 0.05) is 54.2 Å². The molecule has 0 unspecified atom stereocenters. The standard InChI is InChI=1S/C22H23NO3S2.C21H20ClNO3S2.C21H21NO3S2.C20H20N2O3S2.C19H19NO3S3/c1-15-7-9-17(10-8-15)22-23-21(26-18-5-3-4-6-18)20(27-22)16-11-13-19(14-12-16)28(2,24)25;1-28(24,25)16-12-10-14(11-13-16)19-20(26-15-6-2-3-7-15)23-21(27-19)17-8-4-5-9-18(17)22;1-27(23,24)18-13-11-15(12-14-18)19-20(25-17-9-5-6-10-17)22-21(26-19)16-7-3-2-4-8-16;1-27(23,24)16-11-9-14(10-12-16)18-19(25-15-6-2-3-7-15)22-20(26-18)17-8-4-5-13-21-17;1-26(21,22)15-10-8-13(9-11-15)17-18(23-14-5-2-3-6-14)20-19(25-17)16-7-4-12-24-16/h7-14,18H,3-6H2,1-2H3;4-5,8-13,15H,2-3,6-7H2,1H3;2-4,7-8,11-14,17H,5-6,9-10H2,1H3;4-5,8-13,15H,2-3,6-7H2,1H3;4,7-12,14H,2-3,5-6H2,1H3. The maximum atomic E-state index is 11.8. The lowest BCUT2D eigenvalue weighted by molar-refractivity contribution is 0.203. The molecule has 0 atom stereocenters. The summed E-state index contributed by atoms with van der Waals surface area (Å²) in [6.07, 6.45) is 31.2. The first-order valence-electron chi connectivity index (χ1n) is 45.1. The number of aromatic nitrogens is 6. The normalized spacial score (nSPS) is 15.2. The molecular weight excluding hydrogens is 1950 g/mol. The summed E-state index contributed by atoms with van der Waals surface area (Å²) < 4.78 is 149. The van der Waals surface area contributed by atoms with Gasteiger partial charge in [-0.05, 0) is 253 Å². The number of aryl methyl sites for hydroxylation is 1. The molecular formula is C103H103ClN6O15S11. The van der Waals surface area contributed by atoms with Crippen LogP contribution in [0.1, 0.15) is 134 Å². The van der Waals surface area contributed by atoms with E-state index >= 15 is 0 Å². The van der Waals surface area contributed by atoms with E-state index in [0.29, 0.717) is 58.9 Å². The third-order valence-corrected chi connectivity index (χ3v) is 36.2. The zero-order valence-electron chi connectivity index (χ0n) is 75.8. The van der Waals surface area contributed by atoms with Crippen LogP contribution in [0.25, 0.3) is 105 Å². The van der Waals surface area contributed by atoms with Crippen LogP contribution in [0.15, 0.2) is 267 Å². The van der Waals surface area contributed by atoms with Crippen LogP contribution >= 0.6 is 79.6 Å². The van der Waals surface area contributed by atoms with E-state index in [9.17, 15) is 42.1 Å². The maximum Gasteiger partial charge on any atom is 0.233 e. The second kappa shape index (κ2) is 44.3. The molecule has 20 rings (SSSR count). The summed E-state index contributed by atoms with van der Waals surface area (Å²) in [4.78, 5) is 35.5. The molecule has 5 fully saturated rings. The van der Waals surface area contributed by atoms with Crippen LogP contribution in [-0.2, 0) is 49.2 Å². The van der Waals surface area contributed by atoms with Gasteiger partial charge in [-0.2, -0.15) is 4.98 Å². The first-order valence-corrected chi connectivity index (χ1v) is 59.9. The molecule has 21 nitrogen and oxygen atoms in total. The number of thiophene rings is 1. The molecule has 7 aromatic heterocycles. The Hall–Kier alpha value is -10.2. The van der Waals surface area contributed by atoms with Crippen molar-refractivity contribution in [2.75, 3.05) is 31.3 Å². The molecule has 136 heavy (non-hydrogen) atoms. The highest BCUT2D eigenvalue weighted by Crippen LogP contribution is 2.49. The Morgan fingerprint density at radius 1 is 0.279 bits per heavy atom. The van der Waals surface area contributed by atoms with E-state index in [1.807, 2.05) is 145 Å². The predicted octanol–water partition coefficient (Wildman–Crippen LogP) is 26.4. The number of nitrogens with zero attached hydrogens (tertiary/aromatic N) is 6. The third kappa shape index (κ3) is 25.8. The van der Waals surface area contributed by atoms with Gasteiger partial charge in [0.15, 0.2) is 49.2 Å². The summed E-state index contributed by atoms with van der Waals surface area (Å²) in [7, 11) is -16.1. The number of hydrogen-bond acceptors (Lipinski definition) is 27. The van der Waals surface area contributed by atoms with Gasteiger partial charge < -0.3 is 23.7 Å². The molecule has 0 aliphatic heterocycles. The highest BCUT2D eigenvalue weighted by atomic mass is 35.5. The summed E-state index contributed by atoms with van der Waals surface area (Å²) in [6.45, 7) is 2.06. The van der Waals surface area contributed by atoms with E-state index in [4.69, 9.17) is 60.2 Å². The Morgan fingerprint density at radius 3 is 0.860 bits per heavy atom. The van der Waals surface area contributed by atoms with E-state index in [0.717, 1.165) is 169 Å². The predicted molar refractivity (Wildman–Crippen MR) is 550 cm³/mol. The number of thiazole rings is 5. The van der Waals surface area contributed by atoms with Crippen molar-refractivity contribution in [3.63, 3.8) is 0 Å². The Kier molecular flexibility index (Phi) is 32.2. The fourth-order valence-electron chi connectivity index (χ4n) is 16.3. The molecule has 0 radical (unpaired) electrons. The van der Waals surface area contributed by atoms with Crippen LogP contribution in [0.5, 0.6) is 29.4 Å². The van der Waals surface area contributed by atoms with Crippen LogP contribution < -0.4 is 23.7 Å². The van der Waals surface area contributed by atoms with Gasteiger partial charge in [0.2, 0.25) is 29.4 Å². The van der Waals surface area contributed by atoms with E-state index in [1.165, 1.54) is 124 Å². The van der Waals surface area contributed by atoms with E-state index < -0.39 is 49.2 Å². The van der Waals surface area contributed by atoms with Crippen LogP contribution in [-0.4, -0.2) is 134 Å². The van der Waals surface area contributed by atoms with E-state index in [1.54, 1.807) is 112 Å². The average molecular weight is 2050 g/mol.